The molecule has 4 bridgehead atoms. The van der Waals surface area contributed by atoms with Crippen LogP contribution < -0.4 is 9.47 Å². The van der Waals surface area contributed by atoms with Gasteiger partial charge in [0.1, 0.15) is 12.4 Å². The van der Waals surface area contributed by atoms with Gasteiger partial charge in [-0.15, -0.1) is 0 Å². The first-order chi connectivity index (χ1) is 15.6. The van der Waals surface area contributed by atoms with Crippen LogP contribution in [0.2, 0.25) is 0 Å². The van der Waals surface area contributed by atoms with Crippen LogP contribution in [0.5, 0.6) is 11.6 Å². The Morgan fingerprint density at radius 3 is 2.84 bits per heavy atom. The van der Waals surface area contributed by atoms with Crippen LogP contribution in [-0.4, -0.2) is 24.7 Å². The molecule has 1 aliphatic rings. The Hall–Kier alpha value is -3.85. The molecule has 4 rings (SSSR count). The average Bonchev–Trinajstić information content (AvgIpc) is 2.81. The summed E-state index contributed by atoms with van der Waals surface area (Å²) in [5, 5.41) is 0. The molecule has 0 aliphatic carbocycles. The average molecular weight is 428 g/mol. The van der Waals surface area contributed by atoms with Crippen LogP contribution in [0, 0.1) is 13.5 Å². The molecule has 3 aromatic rings. The van der Waals surface area contributed by atoms with E-state index in [1.54, 1.807) is 0 Å². The number of hydrogen-bond donors (Lipinski definition) is 0. The molecule has 162 valence electrons. The number of ether oxygens (including phenoxy) is 3. The van der Waals surface area contributed by atoms with Crippen molar-refractivity contribution in [2.75, 3.05) is 13.7 Å². The van der Waals surface area contributed by atoms with Crippen LogP contribution in [0.3, 0.4) is 0 Å². The number of nitrogens with zero attached hydrogens (tertiary/aromatic N) is 2. The van der Waals surface area contributed by atoms with Crippen molar-refractivity contribution in [3.63, 3.8) is 0 Å². The van der Waals surface area contributed by atoms with Gasteiger partial charge in [-0.2, -0.15) is 0 Å². The topological polar surface area (TPSA) is 62.0 Å². The summed E-state index contributed by atoms with van der Waals surface area (Å²) < 4.78 is 17.0. The molecule has 2 aromatic carbocycles. The van der Waals surface area contributed by atoms with Crippen LogP contribution in [0.15, 0.2) is 48.5 Å². The second kappa shape index (κ2) is 9.52. The monoisotopic (exact) mass is 428 g/mol. The number of carbonyl (C=O) groups excluding carboxylic acids is 1. The van der Waals surface area contributed by atoms with Gasteiger partial charge in [0, 0.05) is 17.2 Å². The molecular formula is C26H24N2O4. The van der Waals surface area contributed by atoms with Gasteiger partial charge in [-0.25, -0.2) is 9.83 Å². The lowest BCUT2D eigenvalue weighted by molar-refractivity contribution is -0.139. The lowest BCUT2D eigenvalue weighted by Crippen LogP contribution is -2.09. The largest absolute Gasteiger partial charge is 0.493 e. The first-order valence-corrected chi connectivity index (χ1v) is 10.5. The Morgan fingerprint density at radius 2 is 2.03 bits per heavy atom. The molecule has 0 N–H and O–H groups in total. The van der Waals surface area contributed by atoms with E-state index in [1.807, 2.05) is 55.5 Å². The number of pyridine rings is 1. The molecular weight excluding hydrogens is 404 g/mol. The van der Waals surface area contributed by atoms with Crippen molar-refractivity contribution < 1.29 is 19.0 Å². The summed E-state index contributed by atoms with van der Waals surface area (Å²) >= 11 is 0. The Labute approximate surface area is 187 Å². The first kappa shape index (κ1) is 21.4. The summed E-state index contributed by atoms with van der Waals surface area (Å²) in [4.78, 5) is 20.2. The fraction of sp³-hybridized carbons (Fsp3) is 0.269. The number of hydrogen-bond acceptors (Lipinski definition) is 5. The van der Waals surface area contributed by atoms with E-state index in [-0.39, 0.29) is 12.4 Å². The van der Waals surface area contributed by atoms with Gasteiger partial charge in [-0.05, 0) is 43.0 Å². The zero-order valence-electron chi connectivity index (χ0n) is 18.2. The summed E-state index contributed by atoms with van der Waals surface area (Å²) in [6.45, 7) is 10.2. The summed E-state index contributed by atoms with van der Waals surface area (Å²) in [6, 6.07) is 15.2. The highest BCUT2D eigenvalue weighted by Crippen LogP contribution is 2.32. The first-order valence-electron chi connectivity index (χ1n) is 10.5. The zero-order valence-corrected chi connectivity index (χ0v) is 18.2. The standard InChI is InChI=1S/C26H24N2O4/c1-17-12-20(14-26(29)30-3)24-15-22(17)23-7-4-8-25(28-23)32-16-19-9-10-21(27-2)13-18(19)6-5-11-31-24/h4,7-10,12-13,15H,5-6,11,14,16H2,1,3H3. The number of methoxy groups -OCH3 is 1. The van der Waals surface area contributed by atoms with Gasteiger partial charge in [0.15, 0.2) is 5.69 Å². The maximum Gasteiger partial charge on any atom is 0.310 e. The third-order valence-electron chi connectivity index (χ3n) is 5.51. The van der Waals surface area contributed by atoms with Crippen LogP contribution in [0.4, 0.5) is 5.69 Å². The number of fused-ring (bicyclic) bond motifs is 6. The van der Waals surface area contributed by atoms with Gasteiger partial charge in [0.25, 0.3) is 0 Å². The molecule has 0 saturated carbocycles. The zero-order chi connectivity index (χ0) is 22.5. The summed E-state index contributed by atoms with van der Waals surface area (Å²) in [7, 11) is 1.38. The van der Waals surface area contributed by atoms with E-state index in [2.05, 4.69) is 4.85 Å². The fourth-order valence-electron chi connectivity index (χ4n) is 3.82. The highest BCUT2D eigenvalue weighted by molar-refractivity contribution is 5.75. The normalized spacial score (nSPS) is 12.9. The highest BCUT2D eigenvalue weighted by Gasteiger charge is 2.16. The van der Waals surface area contributed by atoms with Gasteiger partial charge in [-0.3, -0.25) is 4.79 Å². The molecule has 0 fully saturated rings. The molecule has 0 saturated heterocycles. The van der Waals surface area contributed by atoms with Crippen molar-refractivity contribution in [3.05, 3.63) is 82.2 Å². The van der Waals surface area contributed by atoms with E-state index < -0.39 is 0 Å². The van der Waals surface area contributed by atoms with E-state index in [0.717, 1.165) is 46.4 Å². The maximum absolute atomic E-state index is 11.9. The quantitative estimate of drug-likeness (QED) is 0.413. The van der Waals surface area contributed by atoms with Gasteiger partial charge in [0.05, 0.1) is 32.4 Å². The maximum atomic E-state index is 11.9. The Bertz CT molecular complexity index is 1200. The van der Waals surface area contributed by atoms with Crippen LogP contribution in [-0.2, 0) is 29.0 Å². The number of carbonyl (C=O) groups is 1. The number of aromatic nitrogens is 1. The van der Waals surface area contributed by atoms with E-state index in [4.69, 9.17) is 25.8 Å². The molecule has 6 nitrogen and oxygen atoms in total. The summed E-state index contributed by atoms with van der Waals surface area (Å²) in [5.41, 5.74) is 6.18. The second-order valence-corrected chi connectivity index (χ2v) is 7.69. The SMILES string of the molecule is [C-]#[N+]c1ccc2c(c1)CCCOc1cc(c(C)cc1CC(=O)OC)-c1cccc(n1)OC2. The van der Waals surface area contributed by atoms with Gasteiger partial charge in [0.2, 0.25) is 5.88 Å². The molecule has 0 unspecified atom stereocenters. The number of aryl methyl sites for hydroxylation is 2. The molecule has 1 aromatic heterocycles. The molecule has 0 amide bonds. The Kier molecular flexibility index (Phi) is 6.37. The van der Waals surface area contributed by atoms with Crippen molar-refractivity contribution >= 4 is 11.7 Å². The van der Waals surface area contributed by atoms with Gasteiger partial charge < -0.3 is 14.2 Å². The molecule has 2 heterocycles. The van der Waals surface area contributed by atoms with Crippen LogP contribution in [0.1, 0.15) is 28.7 Å². The minimum atomic E-state index is -0.314. The van der Waals surface area contributed by atoms with E-state index in [1.165, 1.54) is 7.11 Å². The molecule has 0 atom stereocenters. The lowest BCUT2D eigenvalue weighted by Gasteiger charge is -2.17. The van der Waals surface area contributed by atoms with E-state index in [0.29, 0.717) is 30.5 Å². The highest BCUT2D eigenvalue weighted by atomic mass is 16.5. The second-order valence-electron chi connectivity index (χ2n) is 7.69. The Morgan fingerprint density at radius 1 is 1.16 bits per heavy atom. The predicted octanol–water partition coefficient (Wildman–Crippen LogP) is 5.23. The summed E-state index contributed by atoms with van der Waals surface area (Å²) in [6.07, 6.45) is 1.65. The van der Waals surface area contributed by atoms with Crippen molar-refractivity contribution in [1.29, 1.82) is 0 Å². The van der Waals surface area contributed by atoms with Crippen LogP contribution in [0.25, 0.3) is 16.1 Å². The molecule has 1 aliphatic heterocycles. The van der Waals surface area contributed by atoms with Gasteiger partial charge >= 0.3 is 5.97 Å². The van der Waals surface area contributed by atoms with E-state index >= 15 is 0 Å². The summed E-state index contributed by atoms with van der Waals surface area (Å²) in [5.74, 6) is 0.863. The molecule has 6 heteroatoms. The molecule has 0 radical (unpaired) electrons. The minimum absolute atomic E-state index is 0.140. The lowest BCUT2D eigenvalue weighted by atomic mass is 9.99. The van der Waals surface area contributed by atoms with Gasteiger partial charge in [-0.1, -0.05) is 35.9 Å². The van der Waals surface area contributed by atoms with E-state index in [9.17, 15) is 4.79 Å². The van der Waals surface area contributed by atoms with Crippen molar-refractivity contribution in [3.8, 4) is 22.9 Å². The number of esters is 1. The molecule has 0 spiro atoms. The van der Waals surface area contributed by atoms with Crippen molar-refractivity contribution in [2.24, 2.45) is 0 Å². The number of benzene rings is 2. The fourth-order valence-corrected chi connectivity index (χ4v) is 3.82. The van der Waals surface area contributed by atoms with Crippen molar-refractivity contribution in [1.82, 2.24) is 4.98 Å². The third kappa shape index (κ3) is 4.73. The minimum Gasteiger partial charge on any atom is -0.493 e. The van der Waals surface area contributed by atoms with Crippen LogP contribution >= 0.6 is 0 Å². The number of rotatable bonds is 2. The molecule has 32 heavy (non-hydrogen) atoms. The van der Waals surface area contributed by atoms with Crippen molar-refractivity contribution in [2.45, 2.75) is 32.8 Å². The third-order valence-corrected chi connectivity index (χ3v) is 5.51. The Balaban J connectivity index is 1.75. The smallest absolute Gasteiger partial charge is 0.310 e. The predicted molar refractivity (Wildman–Crippen MR) is 121 cm³/mol.